The van der Waals surface area contributed by atoms with Crippen LogP contribution in [0.25, 0.3) is 0 Å². The van der Waals surface area contributed by atoms with E-state index in [1.54, 1.807) is 21.3 Å². The van der Waals surface area contributed by atoms with E-state index in [2.05, 4.69) is 38.2 Å². The molecule has 0 fully saturated rings. The minimum absolute atomic E-state index is 0.0684. The average Bonchev–Trinajstić information content (AvgIpc) is 2.70. The second kappa shape index (κ2) is 9.54. The van der Waals surface area contributed by atoms with E-state index in [0.717, 1.165) is 11.3 Å². The minimum Gasteiger partial charge on any atom is -0.493 e. The van der Waals surface area contributed by atoms with Crippen LogP contribution in [0, 0.1) is 0 Å². The molecule has 158 valence electrons. The van der Waals surface area contributed by atoms with E-state index in [4.69, 9.17) is 14.2 Å². The van der Waals surface area contributed by atoms with Crippen LogP contribution < -0.4 is 24.4 Å². The minimum atomic E-state index is -0.0684. The zero-order valence-corrected chi connectivity index (χ0v) is 18.5. The molecule has 0 radical (unpaired) electrons. The van der Waals surface area contributed by atoms with Crippen molar-refractivity contribution >= 4 is 11.6 Å². The van der Waals surface area contributed by atoms with Crippen LogP contribution in [0.15, 0.2) is 36.4 Å². The van der Waals surface area contributed by atoms with E-state index in [9.17, 15) is 4.79 Å². The van der Waals surface area contributed by atoms with Crippen LogP contribution in [-0.2, 0) is 16.8 Å². The molecule has 0 aromatic heterocycles. The monoisotopic (exact) mass is 400 g/mol. The van der Waals surface area contributed by atoms with Crippen molar-refractivity contribution in [2.75, 3.05) is 39.8 Å². The molecule has 2 aromatic rings. The maximum absolute atomic E-state index is 12.4. The predicted molar refractivity (Wildman–Crippen MR) is 116 cm³/mol. The van der Waals surface area contributed by atoms with Crippen molar-refractivity contribution in [3.05, 3.63) is 47.5 Å². The van der Waals surface area contributed by atoms with Crippen LogP contribution >= 0.6 is 0 Å². The predicted octanol–water partition coefficient (Wildman–Crippen LogP) is 3.76. The Balaban J connectivity index is 1.99. The number of likely N-dealkylation sites (N-methyl/N-ethyl adjacent to an activating group) is 1. The fourth-order valence-electron chi connectivity index (χ4n) is 3.02. The van der Waals surface area contributed by atoms with Gasteiger partial charge in [0.15, 0.2) is 11.5 Å². The molecule has 0 atom stereocenters. The molecular formula is C23H32N2O4. The average molecular weight is 401 g/mol. The molecule has 29 heavy (non-hydrogen) atoms. The molecule has 0 bridgehead atoms. The lowest BCUT2D eigenvalue weighted by atomic mass is 9.87. The lowest BCUT2D eigenvalue weighted by molar-refractivity contribution is -0.119. The van der Waals surface area contributed by atoms with Crippen molar-refractivity contribution < 1.29 is 19.0 Å². The molecule has 2 aromatic carbocycles. The Morgan fingerprint density at radius 3 is 1.97 bits per heavy atom. The topological polar surface area (TPSA) is 60.0 Å². The molecule has 0 saturated heterocycles. The fourth-order valence-corrected chi connectivity index (χ4v) is 3.02. The third kappa shape index (κ3) is 5.79. The van der Waals surface area contributed by atoms with E-state index < -0.39 is 0 Å². The first kappa shape index (κ1) is 22.4. The number of nitrogens with zero attached hydrogens (tertiary/aromatic N) is 1. The summed E-state index contributed by atoms with van der Waals surface area (Å²) < 4.78 is 16.0. The van der Waals surface area contributed by atoms with Crippen LogP contribution in [0.3, 0.4) is 0 Å². The van der Waals surface area contributed by atoms with Crippen molar-refractivity contribution in [2.24, 2.45) is 0 Å². The largest absolute Gasteiger partial charge is 0.493 e. The number of carbonyl (C=O) groups is 1. The van der Waals surface area contributed by atoms with Crippen LogP contribution in [0.4, 0.5) is 5.69 Å². The molecule has 0 aliphatic rings. The maximum Gasteiger partial charge on any atom is 0.239 e. The third-order valence-corrected chi connectivity index (χ3v) is 4.77. The van der Waals surface area contributed by atoms with Crippen LogP contribution in [0.2, 0.25) is 0 Å². The van der Waals surface area contributed by atoms with Gasteiger partial charge in [0.05, 0.1) is 27.9 Å². The molecule has 2 rings (SSSR count). The summed E-state index contributed by atoms with van der Waals surface area (Å²) in [7, 11) is 6.61. The summed E-state index contributed by atoms with van der Waals surface area (Å²) in [5.41, 5.74) is 3.24. The van der Waals surface area contributed by atoms with Gasteiger partial charge < -0.3 is 24.4 Å². The standard InChI is InChI=1S/C23H32N2O4/c1-23(2,3)17-8-10-18(11-9-17)25(4)15-21(26)24-14-16-12-19(27-5)22(29-7)20(13-16)28-6/h8-13H,14-15H2,1-7H3,(H,24,26). The van der Waals surface area contributed by atoms with Gasteiger partial charge in [0.25, 0.3) is 0 Å². The van der Waals surface area contributed by atoms with E-state index in [1.165, 1.54) is 5.56 Å². The van der Waals surface area contributed by atoms with E-state index in [-0.39, 0.29) is 17.9 Å². The summed E-state index contributed by atoms with van der Waals surface area (Å²) in [6.07, 6.45) is 0. The van der Waals surface area contributed by atoms with Crippen LogP contribution in [0.1, 0.15) is 31.9 Å². The number of anilines is 1. The SMILES string of the molecule is COc1cc(CNC(=O)CN(C)c2ccc(C(C)(C)C)cc2)cc(OC)c1OC. The zero-order valence-electron chi connectivity index (χ0n) is 18.5. The zero-order chi connectivity index (χ0) is 21.6. The van der Waals surface area contributed by atoms with Gasteiger partial charge in [0.2, 0.25) is 11.7 Å². The molecule has 0 spiro atoms. The Hall–Kier alpha value is -2.89. The summed E-state index contributed by atoms with van der Waals surface area (Å²) in [5, 5.41) is 2.94. The molecule has 0 aliphatic carbocycles. The highest BCUT2D eigenvalue weighted by atomic mass is 16.5. The highest BCUT2D eigenvalue weighted by Crippen LogP contribution is 2.38. The molecule has 0 unspecified atom stereocenters. The molecule has 0 aliphatic heterocycles. The molecule has 1 amide bonds. The number of nitrogens with one attached hydrogen (secondary N) is 1. The molecule has 6 heteroatoms. The quantitative estimate of drug-likeness (QED) is 0.731. The normalized spacial score (nSPS) is 11.0. The fraction of sp³-hybridized carbons (Fsp3) is 0.435. The van der Waals surface area contributed by atoms with Gasteiger partial charge in [-0.2, -0.15) is 0 Å². The van der Waals surface area contributed by atoms with Gasteiger partial charge in [-0.05, 0) is 40.8 Å². The molecule has 0 saturated carbocycles. The maximum atomic E-state index is 12.4. The Morgan fingerprint density at radius 2 is 1.52 bits per heavy atom. The summed E-state index contributed by atoms with van der Waals surface area (Å²) in [5.74, 6) is 1.59. The van der Waals surface area contributed by atoms with Gasteiger partial charge >= 0.3 is 0 Å². The number of carbonyl (C=O) groups excluding carboxylic acids is 1. The summed E-state index contributed by atoms with van der Waals surface area (Å²) in [6, 6.07) is 12.0. The third-order valence-electron chi connectivity index (χ3n) is 4.77. The summed E-state index contributed by atoms with van der Waals surface area (Å²) >= 11 is 0. The van der Waals surface area contributed by atoms with Crippen molar-refractivity contribution in [2.45, 2.75) is 32.7 Å². The Morgan fingerprint density at radius 1 is 0.966 bits per heavy atom. The first-order valence-corrected chi connectivity index (χ1v) is 9.57. The first-order chi connectivity index (χ1) is 13.7. The van der Waals surface area contributed by atoms with Gasteiger partial charge in [-0.3, -0.25) is 4.79 Å². The highest BCUT2D eigenvalue weighted by molar-refractivity contribution is 5.81. The number of benzene rings is 2. The van der Waals surface area contributed by atoms with Crippen molar-refractivity contribution in [3.63, 3.8) is 0 Å². The molecular weight excluding hydrogens is 368 g/mol. The second-order valence-electron chi connectivity index (χ2n) is 7.96. The van der Waals surface area contributed by atoms with E-state index in [0.29, 0.717) is 23.8 Å². The van der Waals surface area contributed by atoms with E-state index in [1.807, 2.05) is 36.2 Å². The van der Waals surface area contributed by atoms with Crippen LogP contribution in [-0.4, -0.2) is 40.8 Å². The number of hydrogen-bond donors (Lipinski definition) is 1. The number of amides is 1. The second-order valence-corrected chi connectivity index (χ2v) is 7.96. The smallest absolute Gasteiger partial charge is 0.239 e. The Bertz CT molecular complexity index is 801. The summed E-state index contributed by atoms with van der Waals surface area (Å²) in [4.78, 5) is 14.3. The van der Waals surface area contributed by atoms with Gasteiger partial charge in [0.1, 0.15) is 0 Å². The lowest BCUT2D eigenvalue weighted by Crippen LogP contribution is -2.34. The van der Waals surface area contributed by atoms with Crippen molar-refractivity contribution in [1.82, 2.24) is 5.32 Å². The van der Waals surface area contributed by atoms with Crippen molar-refractivity contribution in [1.29, 1.82) is 0 Å². The highest BCUT2D eigenvalue weighted by Gasteiger charge is 2.15. The van der Waals surface area contributed by atoms with Crippen molar-refractivity contribution in [3.8, 4) is 17.2 Å². The number of methoxy groups -OCH3 is 3. The first-order valence-electron chi connectivity index (χ1n) is 9.57. The molecule has 1 N–H and O–H groups in total. The lowest BCUT2D eigenvalue weighted by Gasteiger charge is -2.22. The molecule has 6 nitrogen and oxygen atoms in total. The van der Waals surface area contributed by atoms with Gasteiger partial charge in [-0.25, -0.2) is 0 Å². The van der Waals surface area contributed by atoms with Gasteiger partial charge in [-0.1, -0.05) is 32.9 Å². The number of hydrogen-bond acceptors (Lipinski definition) is 5. The number of rotatable bonds is 8. The Labute approximate surface area is 173 Å². The van der Waals surface area contributed by atoms with E-state index >= 15 is 0 Å². The van der Waals surface area contributed by atoms with Gasteiger partial charge in [-0.15, -0.1) is 0 Å². The summed E-state index contributed by atoms with van der Waals surface area (Å²) in [6.45, 7) is 7.18. The Kier molecular flexibility index (Phi) is 7.37. The van der Waals surface area contributed by atoms with Gasteiger partial charge in [0, 0.05) is 19.3 Å². The van der Waals surface area contributed by atoms with Crippen LogP contribution in [0.5, 0.6) is 17.2 Å². The number of ether oxygens (including phenoxy) is 3. The molecule has 0 heterocycles.